The maximum Gasteiger partial charge on any atom is 0.338 e. The smallest absolute Gasteiger partial charge is 0.338 e. The molecule has 0 amide bonds. The summed E-state index contributed by atoms with van der Waals surface area (Å²) in [6, 6.07) is 15.5. The number of ether oxygens (including phenoxy) is 2. The standard InChI is InChI=1S/C19H17N3O6S/c20-22-21-13-14(23)19(29-12-9-5-2-6-10-12)28-16(17(24)25)15(13)27-18(26)11-7-3-1-4-8-11/h1-10,13-16,19,23H,(H,24,25)/t13-,14-,15+,16+,19+/m1/s1. The Balaban J connectivity index is 1.87. The van der Waals surface area contributed by atoms with Crippen LogP contribution in [0.4, 0.5) is 0 Å². The fourth-order valence-corrected chi connectivity index (χ4v) is 3.92. The monoisotopic (exact) mass is 415 g/mol. The minimum Gasteiger partial charge on any atom is -0.479 e. The third-order valence-electron chi connectivity index (χ3n) is 4.22. The highest BCUT2D eigenvalue weighted by molar-refractivity contribution is 7.99. The number of benzene rings is 2. The van der Waals surface area contributed by atoms with Gasteiger partial charge < -0.3 is 19.7 Å². The fourth-order valence-electron chi connectivity index (χ4n) is 2.86. The van der Waals surface area contributed by atoms with Crippen LogP contribution in [0.1, 0.15) is 10.4 Å². The first-order chi connectivity index (χ1) is 14.0. The van der Waals surface area contributed by atoms with E-state index in [2.05, 4.69) is 10.0 Å². The van der Waals surface area contributed by atoms with Crippen LogP contribution in [0.2, 0.25) is 0 Å². The van der Waals surface area contributed by atoms with Gasteiger partial charge in [-0.1, -0.05) is 53.3 Å². The van der Waals surface area contributed by atoms with Gasteiger partial charge >= 0.3 is 11.9 Å². The van der Waals surface area contributed by atoms with Gasteiger partial charge in [0, 0.05) is 9.81 Å². The number of carbonyl (C=O) groups excluding carboxylic acids is 1. The van der Waals surface area contributed by atoms with E-state index < -0.39 is 41.7 Å². The second-order valence-corrected chi connectivity index (χ2v) is 7.29. The van der Waals surface area contributed by atoms with Crippen LogP contribution < -0.4 is 0 Å². The van der Waals surface area contributed by atoms with E-state index in [1.165, 1.54) is 12.1 Å². The van der Waals surface area contributed by atoms with Gasteiger partial charge in [-0.05, 0) is 29.8 Å². The summed E-state index contributed by atoms with van der Waals surface area (Å²) in [6.45, 7) is 0. The summed E-state index contributed by atoms with van der Waals surface area (Å²) in [7, 11) is 0. The van der Waals surface area contributed by atoms with Gasteiger partial charge in [0.25, 0.3) is 0 Å². The second kappa shape index (κ2) is 9.44. The van der Waals surface area contributed by atoms with Crippen molar-refractivity contribution >= 4 is 23.7 Å². The summed E-state index contributed by atoms with van der Waals surface area (Å²) in [5.74, 6) is -2.22. The molecule has 150 valence electrons. The zero-order valence-corrected chi connectivity index (χ0v) is 15.8. The SMILES string of the molecule is [N-]=[N+]=N[C@@H]1[C@@H](O)[C@H](Sc2ccccc2)O[C@H](C(=O)O)[C@H]1OC(=O)c1ccccc1. The van der Waals surface area contributed by atoms with Crippen LogP contribution in [0.15, 0.2) is 70.7 Å². The molecule has 1 heterocycles. The van der Waals surface area contributed by atoms with Gasteiger partial charge in [-0.15, -0.1) is 0 Å². The van der Waals surface area contributed by atoms with Crippen molar-refractivity contribution in [1.82, 2.24) is 0 Å². The highest BCUT2D eigenvalue weighted by Crippen LogP contribution is 2.36. The Morgan fingerprint density at radius 2 is 1.72 bits per heavy atom. The average molecular weight is 415 g/mol. The minimum atomic E-state index is -1.62. The first-order valence-corrected chi connectivity index (χ1v) is 9.47. The van der Waals surface area contributed by atoms with Crippen molar-refractivity contribution in [1.29, 1.82) is 0 Å². The molecule has 0 saturated carbocycles. The van der Waals surface area contributed by atoms with Gasteiger partial charge in [0.15, 0.2) is 12.2 Å². The minimum absolute atomic E-state index is 0.187. The molecule has 1 fully saturated rings. The Bertz CT molecular complexity index is 907. The number of carboxylic acid groups (broad SMARTS) is 1. The lowest BCUT2D eigenvalue weighted by molar-refractivity contribution is -0.183. The number of azide groups is 1. The van der Waals surface area contributed by atoms with E-state index in [4.69, 9.17) is 15.0 Å². The van der Waals surface area contributed by atoms with Crippen molar-refractivity contribution in [2.24, 2.45) is 5.11 Å². The van der Waals surface area contributed by atoms with Crippen molar-refractivity contribution in [3.8, 4) is 0 Å². The quantitative estimate of drug-likeness (QED) is 0.320. The fraction of sp³-hybridized carbons (Fsp3) is 0.263. The van der Waals surface area contributed by atoms with Crippen LogP contribution in [-0.2, 0) is 14.3 Å². The third kappa shape index (κ3) is 4.87. The number of carboxylic acids is 1. The molecule has 0 aliphatic carbocycles. The number of aliphatic carboxylic acids is 1. The van der Waals surface area contributed by atoms with Crippen molar-refractivity contribution in [3.05, 3.63) is 76.7 Å². The Labute approximate surface area is 169 Å². The van der Waals surface area contributed by atoms with Gasteiger partial charge in [-0.3, -0.25) is 0 Å². The number of rotatable bonds is 6. The summed E-state index contributed by atoms with van der Waals surface area (Å²) in [6.07, 6.45) is -4.53. The summed E-state index contributed by atoms with van der Waals surface area (Å²) in [5, 5.41) is 23.8. The molecule has 10 heteroatoms. The first-order valence-electron chi connectivity index (χ1n) is 8.59. The predicted molar refractivity (Wildman–Crippen MR) is 103 cm³/mol. The average Bonchev–Trinajstić information content (AvgIpc) is 2.73. The van der Waals surface area contributed by atoms with Gasteiger partial charge in [-0.25, -0.2) is 9.59 Å². The Hall–Kier alpha value is -3.04. The van der Waals surface area contributed by atoms with Crippen LogP contribution >= 0.6 is 11.8 Å². The lowest BCUT2D eigenvalue weighted by atomic mass is 9.97. The first kappa shape index (κ1) is 20.7. The molecule has 0 bridgehead atoms. The molecule has 0 radical (unpaired) electrons. The molecule has 3 rings (SSSR count). The molecule has 1 aliphatic heterocycles. The maximum atomic E-state index is 12.4. The van der Waals surface area contributed by atoms with E-state index in [-0.39, 0.29) is 5.56 Å². The highest BCUT2D eigenvalue weighted by Gasteiger charge is 2.50. The Morgan fingerprint density at radius 1 is 1.10 bits per heavy atom. The summed E-state index contributed by atoms with van der Waals surface area (Å²) in [5.41, 5.74) is 8.06. The van der Waals surface area contributed by atoms with E-state index >= 15 is 0 Å². The van der Waals surface area contributed by atoms with Gasteiger partial charge in [-0.2, -0.15) is 0 Å². The molecule has 2 aromatic carbocycles. The van der Waals surface area contributed by atoms with Gasteiger partial charge in [0.2, 0.25) is 0 Å². The molecule has 1 aliphatic rings. The number of aliphatic hydroxyl groups is 1. The van der Waals surface area contributed by atoms with Crippen molar-refractivity contribution in [2.45, 2.75) is 34.7 Å². The summed E-state index contributed by atoms with van der Waals surface area (Å²) < 4.78 is 10.8. The molecule has 5 atom stereocenters. The molecule has 29 heavy (non-hydrogen) atoms. The number of esters is 1. The second-order valence-electron chi connectivity index (χ2n) is 6.12. The molecule has 0 spiro atoms. The van der Waals surface area contributed by atoms with Crippen molar-refractivity contribution in [2.75, 3.05) is 0 Å². The van der Waals surface area contributed by atoms with Crippen LogP contribution in [0.25, 0.3) is 10.4 Å². The van der Waals surface area contributed by atoms with E-state index in [0.29, 0.717) is 0 Å². The maximum absolute atomic E-state index is 12.4. The third-order valence-corrected chi connectivity index (χ3v) is 5.39. The lowest BCUT2D eigenvalue weighted by Gasteiger charge is -2.40. The van der Waals surface area contributed by atoms with E-state index in [1.54, 1.807) is 42.5 Å². The van der Waals surface area contributed by atoms with E-state index in [0.717, 1.165) is 16.7 Å². The largest absolute Gasteiger partial charge is 0.479 e. The molecule has 9 nitrogen and oxygen atoms in total. The summed E-state index contributed by atoms with van der Waals surface area (Å²) >= 11 is 1.08. The van der Waals surface area contributed by atoms with Crippen LogP contribution in [-0.4, -0.2) is 51.9 Å². The zero-order chi connectivity index (χ0) is 20.8. The predicted octanol–water partition coefficient (Wildman–Crippen LogP) is 2.85. The number of carbonyl (C=O) groups is 2. The number of nitrogens with zero attached hydrogens (tertiary/aromatic N) is 3. The molecular weight excluding hydrogens is 398 g/mol. The van der Waals surface area contributed by atoms with Crippen molar-refractivity contribution < 1.29 is 29.3 Å². The zero-order valence-electron chi connectivity index (χ0n) is 14.9. The van der Waals surface area contributed by atoms with Crippen molar-refractivity contribution in [3.63, 3.8) is 0 Å². The van der Waals surface area contributed by atoms with Crippen LogP contribution in [0.3, 0.4) is 0 Å². The summed E-state index contributed by atoms with van der Waals surface area (Å²) in [4.78, 5) is 27.6. The molecule has 0 aromatic heterocycles. The molecule has 2 aromatic rings. The number of hydrogen-bond donors (Lipinski definition) is 2. The molecular formula is C19H17N3O6S. The topological polar surface area (TPSA) is 142 Å². The highest BCUT2D eigenvalue weighted by atomic mass is 32.2. The van der Waals surface area contributed by atoms with Crippen LogP contribution in [0.5, 0.6) is 0 Å². The van der Waals surface area contributed by atoms with Gasteiger partial charge in [0.05, 0.1) is 5.56 Å². The number of thioether (sulfide) groups is 1. The molecule has 0 unspecified atom stereocenters. The Morgan fingerprint density at radius 3 is 2.31 bits per heavy atom. The Kier molecular flexibility index (Phi) is 6.73. The molecule has 1 saturated heterocycles. The number of hydrogen-bond acceptors (Lipinski definition) is 7. The number of aliphatic hydroxyl groups excluding tert-OH is 1. The van der Waals surface area contributed by atoms with E-state index in [1.807, 2.05) is 6.07 Å². The van der Waals surface area contributed by atoms with E-state index in [9.17, 15) is 19.8 Å². The molecule has 2 N–H and O–H groups in total. The van der Waals surface area contributed by atoms with Crippen LogP contribution in [0, 0.1) is 0 Å². The lowest BCUT2D eigenvalue weighted by Crippen LogP contribution is -2.59. The normalized spacial score (nSPS) is 26.2. The van der Waals surface area contributed by atoms with Gasteiger partial charge in [0.1, 0.15) is 17.6 Å².